The van der Waals surface area contributed by atoms with Crippen LogP contribution in [-0.4, -0.2) is 24.2 Å². The second-order valence-corrected chi connectivity index (χ2v) is 6.85. The molecule has 2 aromatic heterocycles. The van der Waals surface area contributed by atoms with Crippen molar-refractivity contribution in [1.29, 1.82) is 0 Å². The van der Waals surface area contributed by atoms with Crippen molar-refractivity contribution in [2.45, 2.75) is 12.8 Å². The number of halogens is 2. The van der Waals surface area contributed by atoms with Crippen LogP contribution in [0.25, 0.3) is 11.0 Å². The van der Waals surface area contributed by atoms with Crippen molar-refractivity contribution < 1.29 is 18.3 Å². The SMILES string of the molecule is COc1cc(Cc2cnc(N)nc2N)c2cc(Cc3ccc(F)cc3)oc2c1OC.Cl. The van der Waals surface area contributed by atoms with E-state index in [9.17, 15) is 4.39 Å². The molecule has 4 N–H and O–H groups in total. The van der Waals surface area contributed by atoms with Crippen LogP contribution >= 0.6 is 12.4 Å². The summed E-state index contributed by atoms with van der Waals surface area (Å²) in [6, 6.07) is 10.1. The third kappa shape index (κ3) is 4.49. The first kappa shape index (κ1) is 22.2. The van der Waals surface area contributed by atoms with Gasteiger partial charge in [-0.3, -0.25) is 0 Å². The molecule has 0 saturated heterocycles. The van der Waals surface area contributed by atoms with E-state index in [1.807, 2.05) is 12.1 Å². The Hall–Kier alpha value is -3.52. The zero-order valence-electron chi connectivity index (χ0n) is 17.0. The van der Waals surface area contributed by atoms with E-state index in [1.165, 1.54) is 12.1 Å². The predicted octanol–water partition coefficient (Wildman–Crippen LogP) is 4.15. The molecule has 2 heterocycles. The fourth-order valence-corrected chi connectivity index (χ4v) is 3.42. The summed E-state index contributed by atoms with van der Waals surface area (Å²) < 4.78 is 30.4. The number of furan rings is 1. The Morgan fingerprint density at radius 1 is 1.00 bits per heavy atom. The second kappa shape index (κ2) is 9.09. The number of nitrogen functional groups attached to an aromatic ring is 2. The van der Waals surface area contributed by atoms with Crippen LogP contribution in [0, 0.1) is 5.82 Å². The first-order chi connectivity index (χ1) is 14.5. The molecule has 0 unspecified atom stereocenters. The Bertz CT molecular complexity index is 1210. The third-order valence-electron chi connectivity index (χ3n) is 4.88. The molecule has 0 saturated carbocycles. The maximum Gasteiger partial charge on any atom is 0.221 e. The molecule has 0 radical (unpaired) electrons. The van der Waals surface area contributed by atoms with E-state index in [0.717, 1.165) is 22.1 Å². The van der Waals surface area contributed by atoms with Crippen LogP contribution in [0.4, 0.5) is 16.2 Å². The summed E-state index contributed by atoms with van der Waals surface area (Å²) in [6.07, 6.45) is 2.57. The highest BCUT2D eigenvalue weighted by Crippen LogP contribution is 2.41. The average molecular weight is 445 g/mol. The van der Waals surface area contributed by atoms with Crippen molar-refractivity contribution >= 4 is 35.1 Å². The Kier molecular flexibility index (Phi) is 6.50. The summed E-state index contributed by atoms with van der Waals surface area (Å²) in [5.74, 6) is 1.92. The summed E-state index contributed by atoms with van der Waals surface area (Å²) in [6.45, 7) is 0. The molecule has 0 aliphatic rings. The number of anilines is 2. The Morgan fingerprint density at radius 3 is 2.39 bits per heavy atom. The smallest absolute Gasteiger partial charge is 0.221 e. The first-order valence-electron chi connectivity index (χ1n) is 9.26. The van der Waals surface area contributed by atoms with E-state index >= 15 is 0 Å². The van der Waals surface area contributed by atoms with Crippen LogP contribution in [0.5, 0.6) is 11.5 Å². The number of hydrogen-bond donors (Lipinski definition) is 2. The van der Waals surface area contributed by atoms with Gasteiger partial charge in [-0.2, -0.15) is 4.98 Å². The number of fused-ring (bicyclic) bond motifs is 1. The molecule has 0 bridgehead atoms. The van der Waals surface area contributed by atoms with Gasteiger partial charge < -0.3 is 25.4 Å². The largest absolute Gasteiger partial charge is 0.493 e. The lowest BCUT2D eigenvalue weighted by atomic mass is 10.0. The third-order valence-corrected chi connectivity index (χ3v) is 4.88. The number of methoxy groups -OCH3 is 2. The molecule has 0 spiro atoms. The van der Waals surface area contributed by atoms with E-state index < -0.39 is 0 Å². The molecule has 4 rings (SSSR count). The zero-order chi connectivity index (χ0) is 21.3. The molecule has 162 valence electrons. The number of hydrogen-bond acceptors (Lipinski definition) is 7. The quantitative estimate of drug-likeness (QED) is 0.459. The number of nitrogens with two attached hydrogens (primary N) is 2. The van der Waals surface area contributed by atoms with Gasteiger partial charge in [0.05, 0.1) is 14.2 Å². The summed E-state index contributed by atoms with van der Waals surface area (Å²) in [5, 5.41) is 0.862. The van der Waals surface area contributed by atoms with Gasteiger partial charge in [0, 0.05) is 30.0 Å². The molecule has 0 aliphatic carbocycles. The zero-order valence-corrected chi connectivity index (χ0v) is 17.8. The predicted molar refractivity (Wildman–Crippen MR) is 119 cm³/mol. The van der Waals surface area contributed by atoms with Crippen molar-refractivity contribution in [3.8, 4) is 11.5 Å². The minimum atomic E-state index is -0.277. The first-order valence-corrected chi connectivity index (χ1v) is 9.26. The van der Waals surface area contributed by atoms with Crippen LogP contribution in [0.1, 0.15) is 22.5 Å². The highest BCUT2D eigenvalue weighted by molar-refractivity contribution is 5.90. The number of rotatable bonds is 6. The van der Waals surface area contributed by atoms with Gasteiger partial charge in [-0.15, -0.1) is 12.4 Å². The average Bonchev–Trinajstić information content (AvgIpc) is 3.15. The molecule has 0 aliphatic heterocycles. The fraction of sp³-hybridized carbons (Fsp3) is 0.182. The fourth-order valence-electron chi connectivity index (χ4n) is 3.42. The molecule has 2 aromatic carbocycles. The van der Waals surface area contributed by atoms with E-state index in [2.05, 4.69) is 9.97 Å². The number of aromatic nitrogens is 2. The lowest BCUT2D eigenvalue weighted by Crippen LogP contribution is -2.04. The Balaban J connectivity index is 0.00000272. The van der Waals surface area contributed by atoms with E-state index in [0.29, 0.717) is 41.5 Å². The molecule has 4 aromatic rings. The summed E-state index contributed by atoms with van der Waals surface area (Å²) in [7, 11) is 3.13. The van der Waals surface area contributed by atoms with Gasteiger partial charge in [-0.25, -0.2) is 9.37 Å². The van der Waals surface area contributed by atoms with Gasteiger partial charge in [0.15, 0.2) is 11.3 Å². The minimum absolute atomic E-state index is 0. The second-order valence-electron chi connectivity index (χ2n) is 6.85. The monoisotopic (exact) mass is 444 g/mol. The topological polar surface area (TPSA) is 109 Å². The Morgan fingerprint density at radius 2 is 1.74 bits per heavy atom. The van der Waals surface area contributed by atoms with Crippen molar-refractivity contribution in [1.82, 2.24) is 9.97 Å². The molecule has 31 heavy (non-hydrogen) atoms. The van der Waals surface area contributed by atoms with Gasteiger partial charge in [0.1, 0.15) is 17.4 Å². The van der Waals surface area contributed by atoms with Gasteiger partial charge >= 0.3 is 0 Å². The standard InChI is InChI=1S/C22H21FN4O3.ClH/c1-28-18-9-13(8-14-11-26-22(25)27-21(14)24)17-10-16(30-19(17)20(18)29-2)7-12-3-5-15(23)6-4-12;/h3-6,9-11H,7-8H2,1-2H3,(H4,24,25,26,27);1H. The van der Waals surface area contributed by atoms with Crippen LogP contribution in [0.2, 0.25) is 0 Å². The summed E-state index contributed by atoms with van der Waals surface area (Å²) in [5.41, 5.74) is 14.8. The number of ether oxygens (including phenoxy) is 2. The highest BCUT2D eigenvalue weighted by Gasteiger charge is 2.20. The molecule has 0 fully saturated rings. The molecule has 0 atom stereocenters. The lowest BCUT2D eigenvalue weighted by Gasteiger charge is -2.12. The van der Waals surface area contributed by atoms with Crippen molar-refractivity contribution in [3.63, 3.8) is 0 Å². The molecule has 9 heteroatoms. The molecule has 0 amide bonds. The van der Waals surface area contributed by atoms with Gasteiger partial charge in [-0.05, 0) is 35.4 Å². The van der Waals surface area contributed by atoms with Crippen molar-refractivity contribution in [3.05, 3.63) is 70.9 Å². The van der Waals surface area contributed by atoms with Gasteiger partial charge in [-0.1, -0.05) is 12.1 Å². The van der Waals surface area contributed by atoms with Crippen LogP contribution in [0.3, 0.4) is 0 Å². The normalized spacial score (nSPS) is 10.7. The highest BCUT2D eigenvalue weighted by atomic mass is 35.5. The lowest BCUT2D eigenvalue weighted by molar-refractivity contribution is 0.352. The molecular formula is C22H22ClFN4O3. The van der Waals surface area contributed by atoms with E-state index in [-0.39, 0.29) is 24.2 Å². The van der Waals surface area contributed by atoms with E-state index in [4.69, 9.17) is 25.4 Å². The van der Waals surface area contributed by atoms with Gasteiger partial charge in [0.25, 0.3) is 0 Å². The maximum atomic E-state index is 13.2. The maximum absolute atomic E-state index is 13.2. The van der Waals surface area contributed by atoms with Crippen molar-refractivity contribution in [2.75, 3.05) is 25.7 Å². The molecular weight excluding hydrogens is 423 g/mol. The van der Waals surface area contributed by atoms with Crippen LogP contribution < -0.4 is 20.9 Å². The van der Waals surface area contributed by atoms with Crippen molar-refractivity contribution in [2.24, 2.45) is 0 Å². The minimum Gasteiger partial charge on any atom is -0.493 e. The van der Waals surface area contributed by atoms with Gasteiger partial charge in [0.2, 0.25) is 11.7 Å². The summed E-state index contributed by atoms with van der Waals surface area (Å²) in [4.78, 5) is 8.07. The van der Waals surface area contributed by atoms with E-state index in [1.54, 1.807) is 32.5 Å². The number of nitrogens with zero attached hydrogens (tertiary/aromatic N) is 2. The Labute approximate surface area is 184 Å². The van der Waals surface area contributed by atoms with Crippen LogP contribution in [0.15, 0.2) is 47.0 Å². The summed E-state index contributed by atoms with van der Waals surface area (Å²) >= 11 is 0. The molecule has 7 nitrogen and oxygen atoms in total. The number of benzene rings is 2. The van der Waals surface area contributed by atoms with Crippen LogP contribution in [-0.2, 0) is 12.8 Å².